The number of tetrazole rings is 1. The Kier molecular flexibility index (Phi) is 15.1. The summed E-state index contributed by atoms with van der Waals surface area (Å²) in [5, 5.41) is 46.4. The first kappa shape index (κ1) is 40.8. The van der Waals surface area contributed by atoms with E-state index in [9.17, 15) is 9.59 Å². The zero-order valence-corrected chi connectivity index (χ0v) is 30.4. The van der Waals surface area contributed by atoms with E-state index in [2.05, 4.69) is 37.0 Å². The number of imidazole rings is 1. The minimum Gasteiger partial charge on any atom is -0.434 e. The molecule has 0 aliphatic rings. The lowest BCUT2D eigenvalue weighted by atomic mass is 9.98. The molecule has 5 rings (SSSR count). The van der Waals surface area contributed by atoms with Crippen LogP contribution >= 0.6 is 11.6 Å². The number of esters is 1. The van der Waals surface area contributed by atoms with Crippen molar-refractivity contribution in [3.8, 4) is 28.3 Å². The highest BCUT2D eigenvalue weighted by molar-refractivity contribution is 6.32. The van der Waals surface area contributed by atoms with Gasteiger partial charge in [0.1, 0.15) is 11.6 Å². The average molecular weight is 783 g/mol. The summed E-state index contributed by atoms with van der Waals surface area (Å²) in [5.41, 5.74) is 3.84. The Morgan fingerprint density at radius 3 is 2.33 bits per heavy atom. The van der Waals surface area contributed by atoms with Crippen LogP contribution in [0.3, 0.4) is 0 Å². The van der Waals surface area contributed by atoms with Gasteiger partial charge in [-0.3, -0.25) is 25.7 Å². The standard InChI is InChI=1S/C35H39ClN8O11/c1-2-3-13-30-37-32(36)31(34(45)55-27-10-8-9-25(20-27)22-54-44(49)50)41(30)21-24-14-16-26(17-15-24)28-11-4-5-12-29(28)33-38-40-42(39-33)23-52-35(46)51-18-6-7-19-53-43(47)48/h4-5,8-12,14-17,20,47-50H,2-3,6-7,13,18-19,21-23H2,1H3. The lowest BCUT2D eigenvalue weighted by molar-refractivity contribution is -0.497. The van der Waals surface area contributed by atoms with Crippen molar-refractivity contribution in [3.63, 3.8) is 0 Å². The molecule has 55 heavy (non-hydrogen) atoms. The lowest BCUT2D eigenvalue weighted by Gasteiger charge is -2.13. The first-order chi connectivity index (χ1) is 26.6. The molecule has 0 unspecified atom stereocenters. The summed E-state index contributed by atoms with van der Waals surface area (Å²) in [6.45, 7) is 1.89. The van der Waals surface area contributed by atoms with Crippen molar-refractivity contribution in [2.24, 2.45) is 0 Å². The number of aryl methyl sites for hydroxylation is 1. The summed E-state index contributed by atoms with van der Waals surface area (Å²) in [5.74, 6) is 0.434. The van der Waals surface area contributed by atoms with Crippen LogP contribution in [0.5, 0.6) is 5.75 Å². The zero-order valence-electron chi connectivity index (χ0n) is 29.6. The molecule has 19 nitrogen and oxygen atoms in total. The molecule has 292 valence electrons. The SMILES string of the molecule is CCCCc1nc(Cl)c(C(=O)Oc2cccc(CON(O)O)c2)n1Cc1ccc(-c2ccccc2-c2nnn(COC(=O)OCCCCON(O)O)n2)cc1. The quantitative estimate of drug-likeness (QED) is 0.0312. The van der Waals surface area contributed by atoms with Gasteiger partial charge in [0.15, 0.2) is 10.8 Å². The van der Waals surface area contributed by atoms with E-state index in [4.69, 9.17) is 46.6 Å². The van der Waals surface area contributed by atoms with Crippen molar-refractivity contribution < 1.29 is 54.3 Å². The molecular weight excluding hydrogens is 744 g/mol. The fourth-order valence-electron chi connectivity index (χ4n) is 5.31. The highest BCUT2D eigenvalue weighted by Crippen LogP contribution is 2.31. The zero-order chi connectivity index (χ0) is 39.2. The van der Waals surface area contributed by atoms with Crippen LogP contribution < -0.4 is 4.74 Å². The molecule has 0 aliphatic carbocycles. The van der Waals surface area contributed by atoms with Crippen molar-refractivity contribution in [2.75, 3.05) is 13.2 Å². The van der Waals surface area contributed by atoms with E-state index < -0.39 is 17.5 Å². The Morgan fingerprint density at radius 1 is 0.836 bits per heavy atom. The van der Waals surface area contributed by atoms with Gasteiger partial charge in [-0.15, -0.1) is 15.0 Å². The number of benzene rings is 3. The van der Waals surface area contributed by atoms with Gasteiger partial charge in [-0.25, -0.2) is 19.4 Å². The Labute approximate surface area is 319 Å². The van der Waals surface area contributed by atoms with Crippen molar-refractivity contribution in [1.29, 1.82) is 0 Å². The van der Waals surface area contributed by atoms with E-state index in [0.717, 1.165) is 34.3 Å². The number of carbonyl (C=O) groups is 2. The Balaban J connectivity index is 1.26. The molecule has 2 heterocycles. The third-order valence-corrected chi connectivity index (χ3v) is 8.16. The first-order valence-electron chi connectivity index (χ1n) is 17.0. The Morgan fingerprint density at radius 2 is 1.58 bits per heavy atom. The van der Waals surface area contributed by atoms with E-state index in [-0.39, 0.29) is 55.1 Å². The fraction of sp³-hybridized carbons (Fsp3) is 0.314. The van der Waals surface area contributed by atoms with E-state index in [0.29, 0.717) is 42.0 Å². The maximum absolute atomic E-state index is 13.5. The fourth-order valence-corrected chi connectivity index (χ4v) is 5.59. The van der Waals surface area contributed by atoms with Gasteiger partial charge in [0.25, 0.3) is 0 Å². The van der Waals surface area contributed by atoms with Crippen molar-refractivity contribution in [2.45, 2.75) is 58.9 Å². The number of ether oxygens (including phenoxy) is 3. The summed E-state index contributed by atoms with van der Waals surface area (Å²) in [6, 6.07) is 21.6. The van der Waals surface area contributed by atoms with Crippen LogP contribution in [0.4, 0.5) is 4.79 Å². The highest BCUT2D eigenvalue weighted by Gasteiger charge is 2.24. The molecule has 5 aromatic rings. The average Bonchev–Trinajstić information content (AvgIpc) is 3.77. The van der Waals surface area contributed by atoms with Crippen LogP contribution in [0.25, 0.3) is 22.5 Å². The molecule has 4 N–H and O–H groups in total. The molecule has 20 heteroatoms. The maximum atomic E-state index is 13.5. The molecule has 0 atom stereocenters. The predicted molar refractivity (Wildman–Crippen MR) is 188 cm³/mol. The van der Waals surface area contributed by atoms with Gasteiger partial charge in [0, 0.05) is 18.5 Å². The Bertz CT molecular complexity index is 2010. The number of hydrogen-bond acceptors (Lipinski definition) is 17. The lowest BCUT2D eigenvalue weighted by Crippen LogP contribution is -2.18. The van der Waals surface area contributed by atoms with Gasteiger partial charge in [0.05, 0.1) is 30.6 Å². The highest BCUT2D eigenvalue weighted by atomic mass is 35.5. The van der Waals surface area contributed by atoms with Gasteiger partial charge < -0.3 is 18.8 Å². The van der Waals surface area contributed by atoms with Crippen LogP contribution in [0.15, 0.2) is 72.8 Å². The van der Waals surface area contributed by atoms with Gasteiger partial charge in [-0.1, -0.05) is 85.6 Å². The number of unbranched alkanes of at least 4 members (excludes halogenated alkanes) is 2. The van der Waals surface area contributed by atoms with Crippen molar-refractivity contribution in [3.05, 3.63) is 101 Å². The van der Waals surface area contributed by atoms with Gasteiger partial charge in [-0.2, -0.15) is 0 Å². The van der Waals surface area contributed by atoms with Crippen molar-refractivity contribution >= 4 is 23.7 Å². The molecule has 0 radical (unpaired) electrons. The number of nitrogens with zero attached hydrogens (tertiary/aromatic N) is 8. The van der Waals surface area contributed by atoms with Crippen LogP contribution in [0, 0.1) is 0 Å². The number of carbonyl (C=O) groups excluding carboxylic acids is 2. The molecule has 0 saturated carbocycles. The van der Waals surface area contributed by atoms with Gasteiger partial charge >= 0.3 is 12.1 Å². The molecule has 0 amide bonds. The number of rotatable bonds is 20. The van der Waals surface area contributed by atoms with E-state index in [1.54, 1.807) is 22.8 Å². The molecule has 0 fully saturated rings. The van der Waals surface area contributed by atoms with Gasteiger partial charge in [-0.05, 0) is 58.9 Å². The van der Waals surface area contributed by atoms with Crippen molar-refractivity contribution in [1.82, 2.24) is 40.5 Å². The summed E-state index contributed by atoms with van der Waals surface area (Å²) >= 11 is 6.55. The molecule has 0 aliphatic heterocycles. The molecular formula is C35H39ClN8O11. The summed E-state index contributed by atoms with van der Waals surface area (Å²) in [6.07, 6.45) is 2.22. The summed E-state index contributed by atoms with van der Waals surface area (Å²) < 4.78 is 17.5. The van der Waals surface area contributed by atoms with Crippen LogP contribution in [0.1, 0.15) is 60.0 Å². The number of aromatic nitrogens is 6. The summed E-state index contributed by atoms with van der Waals surface area (Å²) in [4.78, 5) is 40.2. The van der Waals surface area contributed by atoms with E-state index in [1.165, 1.54) is 6.07 Å². The normalized spacial score (nSPS) is 11.3. The molecule has 0 bridgehead atoms. The third kappa shape index (κ3) is 12.1. The topological polar surface area (TPSA) is 229 Å². The largest absolute Gasteiger partial charge is 0.510 e. The molecule has 0 saturated heterocycles. The van der Waals surface area contributed by atoms with E-state index >= 15 is 0 Å². The van der Waals surface area contributed by atoms with Crippen LogP contribution in [-0.4, -0.2) is 86.7 Å². The molecule has 3 aromatic carbocycles. The molecule has 0 spiro atoms. The second kappa shape index (κ2) is 20.4. The van der Waals surface area contributed by atoms with Crippen LogP contribution in [-0.2, 0) is 45.5 Å². The minimum atomic E-state index is -0.929. The smallest absolute Gasteiger partial charge is 0.434 e. The van der Waals surface area contributed by atoms with Crippen LogP contribution in [0.2, 0.25) is 5.15 Å². The second-order valence-corrected chi connectivity index (χ2v) is 12.2. The maximum Gasteiger partial charge on any atom is 0.510 e. The van der Waals surface area contributed by atoms with E-state index in [1.807, 2.05) is 48.5 Å². The number of halogens is 1. The summed E-state index contributed by atoms with van der Waals surface area (Å²) in [7, 11) is 0. The third-order valence-electron chi connectivity index (χ3n) is 7.90. The predicted octanol–water partition coefficient (Wildman–Crippen LogP) is 5.88. The minimum absolute atomic E-state index is 0.0156. The second-order valence-electron chi connectivity index (χ2n) is 11.8. The molecule has 2 aromatic heterocycles. The monoisotopic (exact) mass is 782 g/mol. The first-order valence-corrected chi connectivity index (χ1v) is 17.4. The number of hydrogen-bond donors (Lipinski definition) is 4. The van der Waals surface area contributed by atoms with Gasteiger partial charge in [0.2, 0.25) is 12.6 Å². The Hall–Kier alpha value is -5.35.